The van der Waals surface area contributed by atoms with Crippen LogP contribution >= 0.6 is 22.7 Å². The Morgan fingerprint density at radius 2 is 1.94 bits per heavy atom. The number of thiazole rings is 2. The van der Waals surface area contributed by atoms with E-state index in [2.05, 4.69) is 29.0 Å². The van der Waals surface area contributed by atoms with Crippen molar-refractivity contribution in [1.29, 1.82) is 0 Å². The van der Waals surface area contributed by atoms with Gasteiger partial charge in [-0.25, -0.2) is 4.98 Å². The standard InChI is InChI=1S/C23H23N3O3S2/c1-3-5-8-15-11-12-17-19(13-15)31-23(26(17)14-20(27)29-4-2)25-21(28)22-24-16-9-6-7-10-18(16)30-22/h6-7,9-13H,3-5,8,14H2,1-2H3. The van der Waals surface area contributed by atoms with Crippen molar-refractivity contribution < 1.29 is 14.3 Å². The number of benzene rings is 2. The van der Waals surface area contributed by atoms with E-state index in [1.54, 1.807) is 11.5 Å². The van der Waals surface area contributed by atoms with E-state index >= 15 is 0 Å². The highest BCUT2D eigenvalue weighted by atomic mass is 32.1. The number of ether oxygens (including phenoxy) is 1. The number of aromatic nitrogens is 2. The van der Waals surface area contributed by atoms with Gasteiger partial charge in [-0.3, -0.25) is 9.59 Å². The van der Waals surface area contributed by atoms with E-state index in [0.29, 0.717) is 16.4 Å². The largest absolute Gasteiger partial charge is 0.465 e. The minimum atomic E-state index is -0.406. The average Bonchev–Trinajstić information content (AvgIpc) is 3.34. The van der Waals surface area contributed by atoms with Gasteiger partial charge >= 0.3 is 11.9 Å². The summed E-state index contributed by atoms with van der Waals surface area (Å²) >= 11 is 2.73. The van der Waals surface area contributed by atoms with Crippen molar-refractivity contribution in [1.82, 2.24) is 9.55 Å². The first-order valence-corrected chi connectivity index (χ1v) is 11.9. The Labute approximate surface area is 187 Å². The maximum atomic E-state index is 12.9. The summed E-state index contributed by atoms with van der Waals surface area (Å²) in [7, 11) is 0. The Morgan fingerprint density at radius 3 is 2.71 bits per heavy atom. The predicted molar refractivity (Wildman–Crippen MR) is 125 cm³/mol. The number of unbranched alkanes of at least 4 members (excludes halogenated alkanes) is 1. The third-order valence-corrected chi connectivity index (χ3v) is 6.90. The second kappa shape index (κ2) is 9.53. The predicted octanol–water partition coefficient (Wildman–Crippen LogP) is 4.96. The molecule has 1 amide bonds. The van der Waals surface area contributed by atoms with Crippen molar-refractivity contribution in [2.24, 2.45) is 4.99 Å². The summed E-state index contributed by atoms with van der Waals surface area (Å²) in [6.07, 6.45) is 3.24. The first-order chi connectivity index (χ1) is 15.1. The molecule has 2 aromatic carbocycles. The summed E-state index contributed by atoms with van der Waals surface area (Å²) < 4.78 is 8.83. The van der Waals surface area contributed by atoms with Crippen molar-refractivity contribution in [2.45, 2.75) is 39.7 Å². The number of amides is 1. The molecule has 0 unspecified atom stereocenters. The number of aryl methyl sites for hydroxylation is 1. The van der Waals surface area contributed by atoms with Crippen molar-refractivity contribution in [3.8, 4) is 0 Å². The van der Waals surface area contributed by atoms with Crippen LogP contribution in [0.4, 0.5) is 0 Å². The topological polar surface area (TPSA) is 73.5 Å². The number of rotatable bonds is 7. The number of hydrogen-bond donors (Lipinski definition) is 0. The van der Waals surface area contributed by atoms with Crippen LogP contribution in [-0.2, 0) is 22.5 Å². The Bertz CT molecular complexity index is 1280. The van der Waals surface area contributed by atoms with Gasteiger partial charge in [0.25, 0.3) is 0 Å². The van der Waals surface area contributed by atoms with E-state index in [1.807, 2.05) is 30.3 Å². The molecule has 2 aromatic heterocycles. The summed E-state index contributed by atoms with van der Waals surface area (Å²) in [4.78, 5) is 34.3. The molecule has 0 aliphatic heterocycles. The van der Waals surface area contributed by atoms with E-state index in [4.69, 9.17) is 4.74 Å². The van der Waals surface area contributed by atoms with Gasteiger partial charge in [0.1, 0.15) is 6.54 Å². The molecule has 8 heteroatoms. The molecular formula is C23H23N3O3S2. The molecule has 6 nitrogen and oxygen atoms in total. The fraction of sp³-hybridized carbons (Fsp3) is 0.304. The molecule has 2 heterocycles. The zero-order valence-corrected chi connectivity index (χ0v) is 19.1. The number of carbonyl (C=O) groups is 2. The molecule has 0 atom stereocenters. The number of hydrogen-bond acceptors (Lipinski definition) is 6. The van der Waals surface area contributed by atoms with E-state index in [9.17, 15) is 9.59 Å². The summed E-state index contributed by atoms with van der Waals surface area (Å²) in [5.74, 6) is -0.761. The molecule has 0 saturated heterocycles. The number of esters is 1. The third-order valence-electron chi connectivity index (χ3n) is 4.83. The molecule has 4 aromatic rings. The summed E-state index contributed by atoms with van der Waals surface area (Å²) in [6.45, 7) is 4.26. The van der Waals surface area contributed by atoms with Gasteiger partial charge in [-0.05, 0) is 49.6 Å². The van der Waals surface area contributed by atoms with Gasteiger partial charge in [0.15, 0.2) is 9.81 Å². The number of fused-ring (bicyclic) bond motifs is 2. The Kier molecular flexibility index (Phi) is 6.58. The van der Waals surface area contributed by atoms with E-state index in [-0.39, 0.29) is 12.5 Å². The van der Waals surface area contributed by atoms with Crippen LogP contribution in [0.15, 0.2) is 47.5 Å². The van der Waals surface area contributed by atoms with Crippen LogP contribution in [0.3, 0.4) is 0 Å². The first kappa shape index (κ1) is 21.4. The molecule has 31 heavy (non-hydrogen) atoms. The van der Waals surface area contributed by atoms with Gasteiger partial charge in [0, 0.05) is 0 Å². The van der Waals surface area contributed by atoms with Crippen molar-refractivity contribution in [3.63, 3.8) is 0 Å². The molecule has 0 bridgehead atoms. The normalized spacial score (nSPS) is 12.0. The zero-order valence-electron chi connectivity index (χ0n) is 17.5. The van der Waals surface area contributed by atoms with Crippen LogP contribution in [0.25, 0.3) is 20.4 Å². The Morgan fingerprint density at radius 1 is 1.10 bits per heavy atom. The molecule has 0 saturated carbocycles. The minimum Gasteiger partial charge on any atom is -0.465 e. The first-order valence-electron chi connectivity index (χ1n) is 10.3. The summed E-state index contributed by atoms with van der Waals surface area (Å²) in [6, 6.07) is 13.8. The van der Waals surface area contributed by atoms with Crippen LogP contribution in [0.1, 0.15) is 42.1 Å². The van der Waals surface area contributed by atoms with Crippen LogP contribution in [0, 0.1) is 0 Å². The van der Waals surface area contributed by atoms with E-state index in [0.717, 1.165) is 39.7 Å². The van der Waals surface area contributed by atoms with Gasteiger partial charge in [0.05, 0.1) is 27.0 Å². The number of carbonyl (C=O) groups excluding carboxylic acids is 2. The SMILES string of the molecule is CCCCc1ccc2c(c1)sc(=NC(=O)c1nc3ccccc3s1)n2CC(=O)OCC. The maximum Gasteiger partial charge on any atom is 0.326 e. The van der Waals surface area contributed by atoms with Gasteiger partial charge in [0.2, 0.25) is 0 Å². The molecule has 160 valence electrons. The van der Waals surface area contributed by atoms with Gasteiger partial charge in [-0.1, -0.05) is 42.9 Å². The maximum absolute atomic E-state index is 12.9. The van der Waals surface area contributed by atoms with Crippen LogP contribution in [0.5, 0.6) is 0 Å². The molecule has 0 radical (unpaired) electrons. The Balaban J connectivity index is 1.77. The zero-order chi connectivity index (χ0) is 21.8. The molecule has 0 N–H and O–H groups in total. The number of nitrogens with zero attached hydrogens (tertiary/aromatic N) is 3. The summed E-state index contributed by atoms with van der Waals surface area (Å²) in [5, 5.41) is 0.338. The van der Waals surface area contributed by atoms with Crippen LogP contribution < -0.4 is 4.80 Å². The van der Waals surface area contributed by atoms with Crippen molar-refractivity contribution in [2.75, 3.05) is 6.61 Å². The smallest absolute Gasteiger partial charge is 0.326 e. The molecular weight excluding hydrogens is 430 g/mol. The fourth-order valence-corrected chi connectivity index (χ4v) is 5.27. The fourth-order valence-electron chi connectivity index (χ4n) is 3.33. The lowest BCUT2D eigenvalue weighted by Crippen LogP contribution is -2.23. The number of para-hydroxylation sites is 1. The van der Waals surface area contributed by atoms with Crippen LogP contribution in [0.2, 0.25) is 0 Å². The monoisotopic (exact) mass is 453 g/mol. The van der Waals surface area contributed by atoms with Gasteiger partial charge in [-0.15, -0.1) is 11.3 Å². The molecule has 0 aliphatic rings. The quantitative estimate of drug-likeness (QED) is 0.371. The van der Waals surface area contributed by atoms with E-state index in [1.165, 1.54) is 28.2 Å². The second-order valence-electron chi connectivity index (χ2n) is 7.09. The average molecular weight is 454 g/mol. The van der Waals surface area contributed by atoms with Gasteiger partial charge < -0.3 is 9.30 Å². The van der Waals surface area contributed by atoms with Gasteiger partial charge in [-0.2, -0.15) is 4.99 Å². The Hall–Kier alpha value is -2.84. The van der Waals surface area contributed by atoms with Crippen molar-refractivity contribution >= 4 is 55.0 Å². The van der Waals surface area contributed by atoms with Crippen molar-refractivity contribution in [3.05, 3.63) is 57.8 Å². The highest BCUT2D eigenvalue weighted by Crippen LogP contribution is 2.23. The minimum absolute atomic E-state index is 0.00804. The van der Waals surface area contributed by atoms with Crippen LogP contribution in [-0.4, -0.2) is 28.0 Å². The third kappa shape index (κ3) is 4.75. The second-order valence-corrected chi connectivity index (χ2v) is 9.12. The van der Waals surface area contributed by atoms with E-state index < -0.39 is 5.91 Å². The highest BCUT2D eigenvalue weighted by Gasteiger charge is 2.15. The highest BCUT2D eigenvalue weighted by molar-refractivity contribution is 7.20. The molecule has 0 fully saturated rings. The lowest BCUT2D eigenvalue weighted by molar-refractivity contribution is -0.143. The lowest BCUT2D eigenvalue weighted by Gasteiger charge is -2.06. The lowest BCUT2D eigenvalue weighted by atomic mass is 10.1. The molecule has 0 aliphatic carbocycles. The summed E-state index contributed by atoms with van der Waals surface area (Å²) in [5.41, 5.74) is 2.89. The molecule has 4 rings (SSSR count). The molecule has 0 spiro atoms.